The molecule has 2 aliphatic rings. The quantitative estimate of drug-likeness (QED) is 0.765. The van der Waals surface area contributed by atoms with Crippen LogP contribution in [0.25, 0.3) is 0 Å². The Morgan fingerprint density at radius 3 is 3.04 bits per heavy atom. The van der Waals surface area contributed by atoms with Crippen LogP contribution in [0.1, 0.15) is 46.9 Å². The van der Waals surface area contributed by atoms with Gasteiger partial charge in [-0.05, 0) is 37.3 Å². The number of hydrogen-bond donors (Lipinski definition) is 3. The van der Waals surface area contributed by atoms with E-state index in [-0.39, 0.29) is 34.3 Å². The summed E-state index contributed by atoms with van der Waals surface area (Å²) < 4.78 is 5.20. The number of rotatable bonds is 3. The first-order valence-electron chi connectivity index (χ1n) is 8.56. The van der Waals surface area contributed by atoms with Crippen LogP contribution in [-0.2, 0) is 0 Å². The molecule has 0 bridgehead atoms. The normalized spacial score (nSPS) is 27.5. The fourth-order valence-electron chi connectivity index (χ4n) is 3.91. The van der Waals surface area contributed by atoms with Crippen molar-refractivity contribution >= 4 is 17.5 Å². The average molecular weight is 372 g/mol. The predicted octanol–water partition coefficient (Wildman–Crippen LogP) is 2.32. The van der Waals surface area contributed by atoms with Gasteiger partial charge in [-0.2, -0.15) is 5.26 Å². The Bertz CT molecular complexity index is 848. The van der Waals surface area contributed by atoms with Crippen LogP contribution < -0.4 is 16.2 Å². The van der Waals surface area contributed by atoms with E-state index in [1.54, 1.807) is 12.5 Å². The van der Waals surface area contributed by atoms with Gasteiger partial charge in [-0.3, -0.25) is 10.2 Å². The molecule has 1 saturated heterocycles. The molecule has 4 atom stereocenters. The molecule has 26 heavy (non-hydrogen) atoms. The molecule has 2 aromatic heterocycles. The fraction of sp³-hybridized carbons (Fsp3) is 0.389. The number of hydrazine groups is 1. The first kappa shape index (κ1) is 17.0. The lowest BCUT2D eigenvalue weighted by atomic mass is 9.77. The highest BCUT2D eigenvalue weighted by Crippen LogP contribution is 2.38. The predicted molar refractivity (Wildman–Crippen MR) is 94.1 cm³/mol. The number of hydrogen-bond acceptors (Lipinski definition) is 6. The van der Waals surface area contributed by atoms with Crippen molar-refractivity contribution in [2.45, 2.75) is 37.4 Å². The topological polar surface area (TPSA) is 103 Å². The molecule has 3 heterocycles. The number of furan rings is 1. The van der Waals surface area contributed by atoms with Gasteiger partial charge in [0.05, 0.1) is 29.2 Å². The molecule has 1 aliphatic carbocycles. The molecule has 1 amide bonds. The molecule has 2 fully saturated rings. The van der Waals surface area contributed by atoms with Gasteiger partial charge in [0.25, 0.3) is 5.91 Å². The van der Waals surface area contributed by atoms with E-state index >= 15 is 0 Å². The van der Waals surface area contributed by atoms with E-state index in [9.17, 15) is 4.79 Å². The highest BCUT2D eigenvalue weighted by molar-refractivity contribution is 6.34. The summed E-state index contributed by atoms with van der Waals surface area (Å²) in [5, 5.41) is 12.2. The van der Waals surface area contributed by atoms with Crippen molar-refractivity contribution in [2.75, 3.05) is 0 Å². The van der Waals surface area contributed by atoms with E-state index in [0.717, 1.165) is 24.8 Å². The van der Waals surface area contributed by atoms with Gasteiger partial charge in [-0.25, -0.2) is 10.4 Å². The van der Waals surface area contributed by atoms with Crippen LogP contribution in [-0.4, -0.2) is 23.0 Å². The van der Waals surface area contributed by atoms with Crippen molar-refractivity contribution in [3.63, 3.8) is 0 Å². The van der Waals surface area contributed by atoms with Gasteiger partial charge >= 0.3 is 0 Å². The fourth-order valence-corrected chi connectivity index (χ4v) is 4.15. The summed E-state index contributed by atoms with van der Waals surface area (Å²) in [4.78, 5) is 16.6. The summed E-state index contributed by atoms with van der Waals surface area (Å²) in [6, 6.07) is 5.98. The SMILES string of the molecule is N#Cc1ccnc(C(=O)NC2CCC3NNC(c4ccoc4)C3C2)c1Cl. The molecule has 0 aromatic carbocycles. The van der Waals surface area contributed by atoms with E-state index in [2.05, 4.69) is 21.2 Å². The van der Waals surface area contributed by atoms with Gasteiger partial charge in [0.2, 0.25) is 0 Å². The lowest BCUT2D eigenvalue weighted by Crippen LogP contribution is -2.44. The molecular weight excluding hydrogens is 354 g/mol. The molecule has 7 nitrogen and oxygen atoms in total. The minimum Gasteiger partial charge on any atom is -0.472 e. The highest BCUT2D eigenvalue weighted by Gasteiger charge is 2.41. The third kappa shape index (κ3) is 3.07. The Hall–Kier alpha value is -2.40. The van der Waals surface area contributed by atoms with Crippen molar-refractivity contribution in [1.29, 1.82) is 5.26 Å². The van der Waals surface area contributed by atoms with Crippen molar-refractivity contribution in [2.24, 2.45) is 5.92 Å². The molecule has 1 saturated carbocycles. The molecule has 1 aliphatic heterocycles. The Morgan fingerprint density at radius 2 is 2.27 bits per heavy atom. The second-order valence-electron chi connectivity index (χ2n) is 6.71. The maximum atomic E-state index is 12.6. The largest absolute Gasteiger partial charge is 0.472 e. The van der Waals surface area contributed by atoms with Crippen LogP contribution in [0.5, 0.6) is 0 Å². The number of carbonyl (C=O) groups is 1. The number of fused-ring (bicyclic) bond motifs is 1. The van der Waals surface area contributed by atoms with Gasteiger partial charge in [0.1, 0.15) is 11.8 Å². The molecule has 2 aromatic rings. The third-order valence-corrected chi connectivity index (χ3v) is 5.60. The number of nitrogens with zero attached hydrogens (tertiary/aromatic N) is 2. The molecule has 134 valence electrons. The Kier molecular flexibility index (Phi) is 4.64. The van der Waals surface area contributed by atoms with Crippen LogP contribution in [0.3, 0.4) is 0 Å². The Balaban J connectivity index is 1.46. The highest BCUT2D eigenvalue weighted by atomic mass is 35.5. The molecule has 0 spiro atoms. The summed E-state index contributed by atoms with van der Waals surface area (Å²) in [5.74, 6) is 0.00912. The van der Waals surface area contributed by atoms with E-state index < -0.39 is 0 Å². The number of carbonyl (C=O) groups excluding carboxylic acids is 1. The monoisotopic (exact) mass is 371 g/mol. The van der Waals surface area contributed by atoms with Crippen LogP contribution in [0.2, 0.25) is 5.02 Å². The molecule has 4 unspecified atom stereocenters. The molecular formula is C18H18ClN5O2. The molecule has 3 N–H and O–H groups in total. The van der Waals surface area contributed by atoms with Gasteiger partial charge in [0, 0.05) is 23.8 Å². The summed E-state index contributed by atoms with van der Waals surface area (Å²) in [5.41, 5.74) is 8.14. The van der Waals surface area contributed by atoms with E-state index in [1.165, 1.54) is 12.3 Å². The minimum atomic E-state index is -0.339. The summed E-state index contributed by atoms with van der Waals surface area (Å²) in [6.07, 6.45) is 7.51. The second kappa shape index (κ2) is 7.08. The van der Waals surface area contributed by atoms with Crippen LogP contribution >= 0.6 is 11.6 Å². The first-order valence-corrected chi connectivity index (χ1v) is 8.93. The zero-order chi connectivity index (χ0) is 18.1. The van der Waals surface area contributed by atoms with Gasteiger partial charge in [0.15, 0.2) is 0 Å². The van der Waals surface area contributed by atoms with Gasteiger partial charge in [-0.15, -0.1) is 0 Å². The number of nitrogens with one attached hydrogen (secondary N) is 3. The second-order valence-corrected chi connectivity index (χ2v) is 7.09. The lowest BCUT2D eigenvalue weighted by Gasteiger charge is -2.33. The minimum absolute atomic E-state index is 0.0310. The van der Waals surface area contributed by atoms with Crippen molar-refractivity contribution in [3.05, 3.63) is 52.7 Å². The summed E-state index contributed by atoms with van der Waals surface area (Å²) >= 11 is 6.13. The molecule has 8 heteroatoms. The van der Waals surface area contributed by atoms with E-state index in [1.807, 2.05) is 12.1 Å². The number of pyridine rings is 1. The molecule has 0 radical (unpaired) electrons. The Labute approximate surface area is 155 Å². The van der Waals surface area contributed by atoms with E-state index in [0.29, 0.717) is 12.0 Å². The Morgan fingerprint density at radius 1 is 1.38 bits per heavy atom. The smallest absolute Gasteiger partial charge is 0.271 e. The third-order valence-electron chi connectivity index (χ3n) is 5.21. The number of amides is 1. The van der Waals surface area contributed by atoms with Crippen LogP contribution in [0, 0.1) is 17.2 Å². The van der Waals surface area contributed by atoms with Crippen LogP contribution in [0.4, 0.5) is 0 Å². The summed E-state index contributed by atoms with van der Waals surface area (Å²) in [7, 11) is 0. The van der Waals surface area contributed by atoms with Crippen molar-refractivity contribution in [1.82, 2.24) is 21.2 Å². The van der Waals surface area contributed by atoms with Crippen molar-refractivity contribution < 1.29 is 9.21 Å². The van der Waals surface area contributed by atoms with Gasteiger partial charge < -0.3 is 9.73 Å². The summed E-state index contributed by atoms with van der Waals surface area (Å²) in [6.45, 7) is 0. The maximum Gasteiger partial charge on any atom is 0.271 e. The molecule has 4 rings (SSSR count). The lowest BCUT2D eigenvalue weighted by molar-refractivity contribution is 0.0910. The maximum absolute atomic E-state index is 12.6. The average Bonchev–Trinajstić information content (AvgIpc) is 3.30. The standard InChI is InChI=1S/C18H18ClN5O2/c19-15-10(8-20)3-5-21-17(15)18(25)22-12-1-2-14-13(7-12)16(24-23-14)11-4-6-26-9-11/h3-6,9,12-14,16,23-24H,1-2,7H2,(H,22,25). The number of nitriles is 1. The zero-order valence-electron chi connectivity index (χ0n) is 13.9. The van der Waals surface area contributed by atoms with Crippen molar-refractivity contribution in [3.8, 4) is 6.07 Å². The number of aromatic nitrogens is 1. The van der Waals surface area contributed by atoms with E-state index in [4.69, 9.17) is 21.3 Å². The van der Waals surface area contributed by atoms with Gasteiger partial charge in [-0.1, -0.05) is 11.6 Å². The zero-order valence-corrected chi connectivity index (χ0v) is 14.7. The first-order chi connectivity index (χ1) is 12.7. The number of halogens is 1. The van der Waals surface area contributed by atoms with Crippen LogP contribution in [0.15, 0.2) is 35.3 Å².